The number of carbonyl (C=O) groups excluding carboxylic acids is 1. The highest BCUT2D eigenvalue weighted by atomic mass is 16.3. The van der Waals surface area contributed by atoms with E-state index >= 15 is 0 Å². The lowest BCUT2D eigenvalue weighted by Gasteiger charge is -2.32. The summed E-state index contributed by atoms with van der Waals surface area (Å²) in [5.41, 5.74) is 0. The van der Waals surface area contributed by atoms with Crippen LogP contribution in [0.2, 0.25) is 0 Å². The Morgan fingerprint density at radius 1 is 1.23 bits per heavy atom. The number of rotatable bonds is 3. The first kappa shape index (κ1) is 14.3. The smallest absolute Gasteiger partial charge is 0.230 e. The van der Waals surface area contributed by atoms with E-state index in [0.29, 0.717) is 6.54 Å². The third-order valence-electron chi connectivity index (χ3n) is 3.79. The van der Waals surface area contributed by atoms with Crippen molar-refractivity contribution in [2.24, 2.45) is 5.92 Å². The maximum Gasteiger partial charge on any atom is 0.230 e. The summed E-state index contributed by atoms with van der Waals surface area (Å²) in [5.74, 6) is 0.822. The molecule has 3 rings (SSSR count). The molecule has 2 aromatic heterocycles. The summed E-state index contributed by atoms with van der Waals surface area (Å²) >= 11 is 0. The SMILES string of the molecule is O=C(Nc1ncccc1O)[C@H]1CCCN(c2ccccn2)C1. The Kier molecular flexibility index (Phi) is 4.18. The van der Waals surface area contributed by atoms with Crippen LogP contribution in [0, 0.1) is 5.92 Å². The van der Waals surface area contributed by atoms with Crippen molar-refractivity contribution in [2.75, 3.05) is 23.3 Å². The van der Waals surface area contributed by atoms with Gasteiger partial charge in [-0.2, -0.15) is 0 Å². The van der Waals surface area contributed by atoms with Crippen LogP contribution in [0.5, 0.6) is 5.75 Å². The van der Waals surface area contributed by atoms with Crippen LogP contribution in [-0.4, -0.2) is 34.1 Å². The highest BCUT2D eigenvalue weighted by Crippen LogP contribution is 2.24. The van der Waals surface area contributed by atoms with Crippen molar-refractivity contribution in [2.45, 2.75) is 12.8 Å². The van der Waals surface area contributed by atoms with Crippen LogP contribution in [0.25, 0.3) is 0 Å². The highest BCUT2D eigenvalue weighted by Gasteiger charge is 2.27. The predicted octanol–water partition coefficient (Wildman–Crippen LogP) is 2.04. The molecule has 0 aliphatic carbocycles. The zero-order valence-corrected chi connectivity index (χ0v) is 12.1. The van der Waals surface area contributed by atoms with Gasteiger partial charge in [0.05, 0.1) is 5.92 Å². The summed E-state index contributed by atoms with van der Waals surface area (Å²) < 4.78 is 0. The molecule has 0 bridgehead atoms. The number of hydrogen-bond donors (Lipinski definition) is 2. The van der Waals surface area contributed by atoms with E-state index in [2.05, 4.69) is 20.2 Å². The highest BCUT2D eigenvalue weighted by molar-refractivity contribution is 5.93. The number of aromatic hydroxyl groups is 1. The Balaban J connectivity index is 1.67. The maximum absolute atomic E-state index is 12.4. The number of carbonyl (C=O) groups is 1. The van der Waals surface area contributed by atoms with Gasteiger partial charge in [-0.3, -0.25) is 4.79 Å². The monoisotopic (exact) mass is 298 g/mol. The first-order chi connectivity index (χ1) is 10.7. The zero-order chi connectivity index (χ0) is 15.4. The summed E-state index contributed by atoms with van der Waals surface area (Å²) in [6.45, 7) is 1.52. The second-order valence-corrected chi connectivity index (χ2v) is 5.33. The van der Waals surface area contributed by atoms with Crippen LogP contribution < -0.4 is 10.2 Å². The number of nitrogens with one attached hydrogen (secondary N) is 1. The minimum atomic E-state index is -0.142. The average Bonchev–Trinajstić information content (AvgIpc) is 2.58. The Hall–Kier alpha value is -2.63. The molecular weight excluding hydrogens is 280 g/mol. The Labute approximate surface area is 128 Å². The van der Waals surface area contributed by atoms with Gasteiger partial charge in [0.1, 0.15) is 5.82 Å². The van der Waals surface area contributed by atoms with Crippen molar-refractivity contribution in [1.29, 1.82) is 0 Å². The van der Waals surface area contributed by atoms with E-state index in [1.54, 1.807) is 12.3 Å². The number of piperidine rings is 1. The summed E-state index contributed by atoms with van der Waals surface area (Å²) in [7, 11) is 0. The largest absolute Gasteiger partial charge is 0.504 e. The van der Waals surface area contributed by atoms with Gasteiger partial charge in [0.2, 0.25) is 5.91 Å². The molecule has 0 saturated carbocycles. The number of anilines is 2. The molecule has 3 heterocycles. The van der Waals surface area contributed by atoms with E-state index < -0.39 is 0 Å². The number of nitrogens with zero attached hydrogens (tertiary/aromatic N) is 3. The quantitative estimate of drug-likeness (QED) is 0.906. The molecule has 1 amide bonds. The fourth-order valence-electron chi connectivity index (χ4n) is 2.65. The molecule has 6 nitrogen and oxygen atoms in total. The average molecular weight is 298 g/mol. The van der Waals surface area contributed by atoms with Crippen LogP contribution >= 0.6 is 0 Å². The summed E-state index contributed by atoms with van der Waals surface area (Å²) in [6, 6.07) is 8.89. The molecule has 1 aliphatic rings. The molecule has 2 N–H and O–H groups in total. The summed E-state index contributed by atoms with van der Waals surface area (Å²) in [4.78, 5) is 22.8. The van der Waals surface area contributed by atoms with Crippen molar-refractivity contribution < 1.29 is 9.90 Å². The lowest BCUT2D eigenvalue weighted by Crippen LogP contribution is -2.41. The van der Waals surface area contributed by atoms with Crippen LogP contribution in [0.3, 0.4) is 0 Å². The van der Waals surface area contributed by atoms with E-state index in [0.717, 1.165) is 25.2 Å². The molecule has 2 aromatic rings. The first-order valence-electron chi connectivity index (χ1n) is 7.35. The second-order valence-electron chi connectivity index (χ2n) is 5.33. The van der Waals surface area contributed by atoms with Crippen molar-refractivity contribution >= 4 is 17.5 Å². The van der Waals surface area contributed by atoms with Crippen LogP contribution in [0.15, 0.2) is 42.7 Å². The predicted molar refractivity (Wildman–Crippen MR) is 83.7 cm³/mol. The number of aromatic nitrogens is 2. The molecule has 0 spiro atoms. The normalized spacial score (nSPS) is 18.0. The van der Waals surface area contributed by atoms with Gasteiger partial charge >= 0.3 is 0 Å². The van der Waals surface area contributed by atoms with Gasteiger partial charge in [0, 0.05) is 25.5 Å². The Morgan fingerprint density at radius 2 is 2.09 bits per heavy atom. The lowest BCUT2D eigenvalue weighted by molar-refractivity contribution is -0.120. The summed E-state index contributed by atoms with van der Waals surface area (Å²) in [6.07, 6.45) is 5.05. The van der Waals surface area contributed by atoms with Gasteiger partial charge in [0.15, 0.2) is 11.6 Å². The van der Waals surface area contributed by atoms with Crippen molar-refractivity contribution in [3.8, 4) is 5.75 Å². The molecule has 0 unspecified atom stereocenters. The molecule has 0 radical (unpaired) electrons. The third-order valence-corrected chi connectivity index (χ3v) is 3.79. The van der Waals surface area contributed by atoms with Gasteiger partial charge in [-0.25, -0.2) is 9.97 Å². The molecule has 1 saturated heterocycles. The van der Waals surface area contributed by atoms with E-state index in [1.807, 2.05) is 18.2 Å². The summed E-state index contributed by atoms with van der Waals surface area (Å²) in [5, 5.41) is 12.4. The van der Waals surface area contributed by atoms with Gasteiger partial charge < -0.3 is 15.3 Å². The van der Waals surface area contributed by atoms with Crippen LogP contribution in [0.4, 0.5) is 11.6 Å². The number of pyridine rings is 2. The second kappa shape index (κ2) is 6.43. The Bertz CT molecular complexity index is 648. The van der Waals surface area contributed by atoms with E-state index in [4.69, 9.17) is 0 Å². The molecular formula is C16H18N4O2. The molecule has 0 aromatic carbocycles. The minimum Gasteiger partial charge on any atom is -0.504 e. The number of hydrogen-bond acceptors (Lipinski definition) is 5. The van der Waals surface area contributed by atoms with E-state index in [-0.39, 0.29) is 23.4 Å². The molecule has 114 valence electrons. The van der Waals surface area contributed by atoms with Gasteiger partial charge in [-0.1, -0.05) is 6.07 Å². The van der Waals surface area contributed by atoms with Gasteiger partial charge in [-0.05, 0) is 37.1 Å². The fraction of sp³-hybridized carbons (Fsp3) is 0.312. The van der Waals surface area contributed by atoms with Crippen molar-refractivity contribution in [3.05, 3.63) is 42.7 Å². The van der Waals surface area contributed by atoms with Gasteiger partial charge in [-0.15, -0.1) is 0 Å². The number of amides is 1. The first-order valence-corrected chi connectivity index (χ1v) is 7.35. The van der Waals surface area contributed by atoms with E-state index in [1.165, 1.54) is 12.3 Å². The molecule has 22 heavy (non-hydrogen) atoms. The fourth-order valence-corrected chi connectivity index (χ4v) is 2.65. The van der Waals surface area contributed by atoms with Crippen LogP contribution in [0.1, 0.15) is 12.8 Å². The van der Waals surface area contributed by atoms with Crippen molar-refractivity contribution in [1.82, 2.24) is 9.97 Å². The Morgan fingerprint density at radius 3 is 2.86 bits per heavy atom. The third kappa shape index (κ3) is 3.16. The van der Waals surface area contributed by atoms with Crippen LogP contribution in [-0.2, 0) is 4.79 Å². The van der Waals surface area contributed by atoms with Crippen molar-refractivity contribution in [3.63, 3.8) is 0 Å². The van der Waals surface area contributed by atoms with E-state index in [9.17, 15) is 9.90 Å². The standard InChI is InChI=1S/C16H18N4O2/c21-13-6-3-9-18-15(13)19-16(22)12-5-4-10-20(11-12)14-7-1-2-8-17-14/h1-3,6-9,12,21H,4-5,10-11H2,(H,18,19,22)/t12-/m0/s1. The molecule has 1 atom stereocenters. The topological polar surface area (TPSA) is 78.3 Å². The zero-order valence-electron chi connectivity index (χ0n) is 12.1. The molecule has 1 fully saturated rings. The molecule has 1 aliphatic heterocycles. The minimum absolute atomic E-state index is 0.0201. The maximum atomic E-state index is 12.4. The van der Waals surface area contributed by atoms with Gasteiger partial charge in [0.25, 0.3) is 0 Å². The molecule has 6 heteroatoms. The lowest BCUT2D eigenvalue weighted by atomic mass is 9.97.